The van der Waals surface area contributed by atoms with Gasteiger partial charge in [0.1, 0.15) is 12.1 Å². The van der Waals surface area contributed by atoms with E-state index in [1.165, 1.54) is 24.3 Å². The van der Waals surface area contributed by atoms with Crippen LogP contribution in [0, 0.1) is 18.8 Å². The third-order valence-corrected chi connectivity index (χ3v) is 11.3. The van der Waals surface area contributed by atoms with E-state index in [2.05, 4.69) is 15.5 Å². The second-order valence-electron chi connectivity index (χ2n) is 12.2. The van der Waals surface area contributed by atoms with Crippen LogP contribution in [0.25, 0.3) is 10.1 Å². The number of carbonyl (C=O) groups excluding carboxylic acids is 3. The molecule has 4 aliphatic rings. The lowest BCUT2D eigenvalue weighted by molar-refractivity contribution is -0.150. The van der Waals surface area contributed by atoms with Gasteiger partial charge in [0.05, 0.1) is 10.8 Å². The Morgan fingerprint density at radius 3 is 2.63 bits per heavy atom. The number of aromatic nitrogens is 2. The van der Waals surface area contributed by atoms with Gasteiger partial charge in [-0.05, 0) is 73.1 Å². The summed E-state index contributed by atoms with van der Waals surface area (Å²) in [4.78, 5) is 63.2. The number of hydrogen-bond acceptors (Lipinski definition) is 8. The first kappa shape index (κ1) is 28.6. The standard InChI is InChI=1S/C28H31FN5O7PS/c1-13-31-32-26(41-13)18-11-33(12-18)28(37)21-4-3-19-8-15-7-16(15)9-20(27(36)34(19)21)30-25(35)23-10-17-6-14(2-5-22(17)43-23)24(29)42(38,39)40/h2,5-6,10,15-16,18-21,24H,3-4,7-9,11-12H2,1H3,(H,30,35)(H2,38,39,40)/t15-,16+,19-,20+,21+,24?/m1/s1. The van der Waals surface area contributed by atoms with E-state index in [4.69, 9.17) is 4.42 Å². The lowest BCUT2D eigenvalue weighted by atomic mass is 9.97. The van der Waals surface area contributed by atoms with Crippen LogP contribution in [0.2, 0.25) is 0 Å². The number of benzene rings is 1. The van der Waals surface area contributed by atoms with Crippen LogP contribution in [0.4, 0.5) is 4.39 Å². The Hall–Kier alpha value is -3.19. The summed E-state index contributed by atoms with van der Waals surface area (Å²) in [6.07, 6.45) is 3.69. The van der Waals surface area contributed by atoms with E-state index in [1.54, 1.807) is 16.7 Å². The molecule has 12 nitrogen and oxygen atoms in total. The van der Waals surface area contributed by atoms with Gasteiger partial charge in [-0.25, -0.2) is 4.39 Å². The number of nitrogens with one attached hydrogen (secondary N) is 1. The molecular weight excluding hydrogens is 600 g/mol. The van der Waals surface area contributed by atoms with Crippen LogP contribution in [-0.4, -0.2) is 78.7 Å². The summed E-state index contributed by atoms with van der Waals surface area (Å²) in [6.45, 7) is 2.64. The molecular formula is C28H31FN5O7PS. The zero-order valence-corrected chi connectivity index (χ0v) is 25.0. The zero-order chi connectivity index (χ0) is 30.2. The van der Waals surface area contributed by atoms with Gasteiger partial charge in [-0.2, -0.15) is 0 Å². The molecule has 0 spiro atoms. The number of likely N-dealkylation sites (tertiary alicyclic amines) is 1. The summed E-state index contributed by atoms with van der Waals surface area (Å²) in [5.74, 6) is -1.46. The highest BCUT2D eigenvalue weighted by Gasteiger charge is 2.52. The summed E-state index contributed by atoms with van der Waals surface area (Å²) in [7, 11) is -4.97. The van der Waals surface area contributed by atoms with Crippen LogP contribution >= 0.6 is 18.9 Å². The van der Waals surface area contributed by atoms with E-state index < -0.39 is 31.5 Å². The average Bonchev–Trinajstić information content (AvgIpc) is 3.27. The molecule has 3 saturated heterocycles. The van der Waals surface area contributed by atoms with Gasteiger partial charge >= 0.3 is 7.60 Å². The van der Waals surface area contributed by atoms with E-state index in [0.29, 0.717) is 64.5 Å². The van der Waals surface area contributed by atoms with Crippen molar-refractivity contribution in [2.75, 3.05) is 13.1 Å². The highest BCUT2D eigenvalue weighted by Crippen LogP contribution is 2.53. The van der Waals surface area contributed by atoms with Crippen molar-refractivity contribution < 1.29 is 37.5 Å². The molecule has 1 unspecified atom stereocenters. The monoisotopic (exact) mass is 631 g/mol. The van der Waals surface area contributed by atoms with Crippen molar-refractivity contribution in [2.24, 2.45) is 11.8 Å². The second-order valence-corrected chi connectivity index (χ2v) is 14.9. The maximum absolute atomic E-state index is 14.3. The third-order valence-electron chi connectivity index (χ3n) is 9.25. The molecule has 1 saturated carbocycles. The van der Waals surface area contributed by atoms with Gasteiger partial charge < -0.3 is 29.3 Å². The molecule has 3 aromatic rings. The number of aryl methyl sites for hydroxylation is 1. The van der Waals surface area contributed by atoms with Gasteiger partial charge in [-0.15, -0.1) is 21.5 Å². The van der Waals surface area contributed by atoms with Crippen LogP contribution in [0.3, 0.4) is 0 Å². The SMILES string of the molecule is Cc1nnc(C2CN(C(=O)[C@@H]3CC[C@@H]4C[C@H]5C[C@H]5C[C@H](NC(=O)c5cc6cc(C(F)P(=O)(O)O)ccc6s5)C(=O)N43)C2)o1. The van der Waals surface area contributed by atoms with Crippen molar-refractivity contribution in [3.63, 3.8) is 0 Å². The molecule has 0 radical (unpaired) electrons. The van der Waals surface area contributed by atoms with Crippen molar-refractivity contribution in [3.8, 4) is 0 Å². The van der Waals surface area contributed by atoms with Crippen LogP contribution in [0.1, 0.15) is 71.0 Å². The molecule has 3 amide bonds. The highest BCUT2D eigenvalue weighted by molar-refractivity contribution is 7.51. The topological polar surface area (TPSA) is 166 Å². The maximum Gasteiger partial charge on any atom is 0.363 e. The van der Waals surface area contributed by atoms with Crippen molar-refractivity contribution >= 4 is 46.7 Å². The molecule has 6 atom stereocenters. The zero-order valence-electron chi connectivity index (χ0n) is 23.3. The fourth-order valence-corrected chi connectivity index (χ4v) is 8.37. The number of alkyl halides is 1. The second kappa shape index (κ2) is 10.5. The molecule has 2 aromatic heterocycles. The number of nitrogens with zero attached hydrogens (tertiary/aromatic N) is 4. The fraction of sp³-hybridized carbons (Fsp3) is 0.536. The Bertz CT molecular complexity index is 1670. The van der Waals surface area contributed by atoms with Gasteiger partial charge in [-0.3, -0.25) is 18.9 Å². The lowest BCUT2D eigenvalue weighted by Gasteiger charge is -2.42. The molecule has 228 valence electrons. The molecule has 1 aliphatic carbocycles. The minimum Gasteiger partial charge on any atom is -0.425 e. The summed E-state index contributed by atoms with van der Waals surface area (Å²) in [6, 6.07) is 4.27. The Kier molecular flexibility index (Phi) is 6.95. The molecule has 3 aliphatic heterocycles. The van der Waals surface area contributed by atoms with E-state index >= 15 is 0 Å². The van der Waals surface area contributed by atoms with Crippen LogP contribution in [0.5, 0.6) is 0 Å². The first-order valence-corrected chi connectivity index (χ1v) is 16.9. The third kappa shape index (κ3) is 5.28. The van der Waals surface area contributed by atoms with E-state index in [1.807, 2.05) is 0 Å². The molecule has 15 heteroatoms. The first-order chi connectivity index (χ1) is 20.5. The number of carbonyl (C=O) groups is 3. The number of rotatable bonds is 6. The van der Waals surface area contributed by atoms with E-state index in [-0.39, 0.29) is 29.3 Å². The molecule has 1 aromatic carbocycles. The van der Waals surface area contributed by atoms with Gasteiger partial charge in [-0.1, -0.05) is 6.07 Å². The predicted molar refractivity (Wildman–Crippen MR) is 152 cm³/mol. The van der Waals surface area contributed by atoms with E-state index in [9.17, 15) is 33.1 Å². The summed E-state index contributed by atoms with van der Waals surface area (Å²) in [5, 5.41) is 11.3. The number of amides is 3. The Balaban J connectivity index is 1.07. The smallest absolute Gasteiger partial charge is 0.363 e. The van der Waals surface area contributed by atoms with Gasteiger partial charge in [0.25, 0.3) is 5.91 Å². The number of thiophene rings is 1. The molecule has 0 bridgehead atoms. The largest absolute Gasteiger partial charge is 0.425 e. The molecule has 4 fully saturated rings. The Morgan fingerprint density at radius 1 is 1.14 bits per heavy atom. The van der Waals surface area contributed by atoms with Crippen molar-refractivity contribution in [2.45, 2.75) is 69.0 Å². The first-order valence-electron chi connectivity index (χ1n) is 14.4. The molecule has 5 heterocycles. The van der Waals surface area contributed by atoms with Crippen LogP contribution < -0.4 is 5.32 Å². The highest BCUT2D eigenvalue weighted by atomic mass is 32.1. The minimum absolute atomic E-state index is 0.0189. The summed E-state index contributed by atoms with van der Waals surface area (Å²) >= 11 is 1.15. The quantitative estimate of drug-likeness (QED) is 0.346. The predicted octanol–water partition coefficient (Wildman–Crippen LogP) is 3.25. The van der Waals surface area contributed by atoms with Gasteiger partial charge in [0, 0.05) is 30.8 Å². The Morgan fingerprint density at radius 2 is 1.91 bits per heavy atom. The minimum atomic E-state index is -4.97. The number of hydrogen-bond donors (Lipinski definition) is 3. The molecule has 43 heavy (non-hydrogen) atoms. The fourth-order valence-electron chi connectivity index (χ4n) is 6.88. The van der Waals surface area contributed by atoms with Crippen LogP contribution in [0.15, 0.2) is 28.7 Å². The molecule has 7 rings (SSSR count). The lowest BCUT2D eigenvalue weighted by Crippen LogP contribution is -2.59. The van der Waals surface area contributed by atoms with Gasteiger partial charge in [0.2, 0.25) is 29.5 Å². The van der Waals surface area contributed by atoms with Crippen molar-refractivity contribution in [3.05, 3.63) is 46.5 Å². The van der Waals surface area contributed by atoms with Gasteiger partial charge in [0.15, 0.2) is 0 Å². The normalized spacial score (nSPS) is 28.1. The maximum atomic E-state index is 14.3. The van der Waals surface area contributed by atoms with Crippen LogP contribution in [-0.2, 0) is 14.2 Å². The average molecular weight is 632 g/mol. The van der Waals surface area contributed by atoms with Crippen molar-refractivity contribution in [1.82, 2.24) is 25.3 Å². The Labute approximate surface area is 249 Å². The summed E-state index contributed by atoms with van der Waals surface area (Å²) < 4.78 is 31.8. The number of fused-ring (bicyclic) bond motifs is 3. The van der Waals surface area contributed by atoms with E-state index in [0.717, 1.165) is 30.6 Å². The molecule has 3 N–H and O–H groups in total. The number of halogens is 1. The van der Waals surface area contributed by atoms with Crippen molar-refractivity contribution in [1.29, 1.82) is 0 Å². The summed E-state index contributed by atoms with van der Waals surface area (Å²) in [5.41, 5.74) is -0.169.